The molecule has 4 aromatic carbocycles. The highest BCUT2D eigenvalue weighted by Crippen LogP contribution is 2.41. The third-order valence-corrected chi connectivity index (χ3v) is 7.24. The first-order valence-corrected chi connectivity index (χ1v) is 12.9. The van der Waals surface area contributed by atoms with Crippen LogP contribution in [0.1, 0.15) is 18.1 Å². The van der Waals surface area contributed by atoms with Gasteiger partial charge in [-0.3, -0.25) is 4.79 Å². The number of furan rings is 1. The quantitative estimate of drug-likeness (QED) is 0.191. The van der Waals surface area contributed by atoms with E-state index in [0.29, 0.717) is 5.75 Å². The van der Waals surface area contributed by atoms with Gasteiger partial charge in [-0.2, -0.15) is 0 Å². The molecule has 0 bridgehead atoms. The highest BCUT2D eigenvalue weighted by atomic mass is 32.2. The zero-order valence-corrected chi connectivity index (χ0v) is 21.5. The summed E-state index contributed by atoms with van der Waals surface area (Å²) in [7, 11) is 1.65. The average Bonchev–Trinajstić information content (AvgIpc) is 3.33. The molecule has 0 spiro atoms. The van der Waals surface area contributed by atoms with Crippen molar-refractivity contribution in [2.45, 2.75) is 18.7 Å². The highest BCUT2D eigenvalue weighted by Gasteiger charge is 2.19. The average molecular weight is 494 g/mol. The molecule has 5 aromatic rings. The van der Waals surface area contributed by atoms with Crippen LogP contribution in [0.2, 0.25) is 0 Å². The minimum atomic E-state index is -0.184. The SMILES string of the molecule is COc1c(/C(C)=C/C(=O)Nc2ccccc2SC)cc2c(-c3ccc4ccccc4c3)coc2c1C. The van der Waals surface area contributed by atoms with Crippen LogP contribution in [0.25, 0.3) is 38.4 Å². The van der Waals surface area contributed by atoms with Gasteiger partial charge < -0.3 is 14.5 Å². The zero-order chi connectivity index (χ0) is 25.2. The van der Waals surface area contributed by atoms with Crippen LogP contribution in [0.4, 0.5) is 5.69 Å². The fourth-order valence-corrected chi connectivity index (χ4v) is 5.20. The van der Waals surface area contributed by atoms with E-state index in [-0.39, 0.29) is 5.91 Å². The lowest BCUT2D eigenvalue weighted by molar-refractivity contribution is -0.111. The van der Waals surface area contributed by atoms with E-state index >= 15 is 0 Å². The van der Waals surface area contributed by atoms with Crippen LogP contribution in [0, 0.1) is 6.92 Å². The third-order valence-electron chi connectivity index (χ3n) is 6.45. The molecule has 0 aliphatic heterocycles. The maximum Gasteiger partial charge on any atom is 0.248 e. The molecule has 1 heterocycles. The first-order chi connectivity index (χ1) is 17.5. The van der Waals surface area contributed by atoms with Gasteiger partial charge in [0.1, 0.15) is 11.3 Å². The smallest absolute Gasteiger partial charge is 0.248 e. The second-order valence-electron chi connectivity index (χ2n) is 8.69. The Hall–Kier alpha value is -3.96. The topological polar surface area (TPSA) is 51.5 Å². The predicted molar refractivity (Wildman–Crippen MR) is 151 cm³/mol. The number of benzene rings is 4. The minimum absolute atomic E-state index is 0.184. The van der Waals surface area contributed by atoms with Crippen LogP contribution in [0.5, 0.6) is 5.75 Å². The molecular weight excluding hydrogens is 466 g/mol. The van der Waals surface area contributed by atoms with Crippen LogP contribution in [-0.4, -0.2) is 19.3 Å². The van der Waals surface area contributed by atoms with E-state index in [1.807, 2.05) is 56.5 Å². The van der Waals surface area contributed by atoms with Gasteiger partial charge >= 0.3 is 0 Å². The Balaban J connectivity index is 1.57. The molecule has 0 saturated carbocycles. The number of anilines is 1. The van der Waals surface area contributed by atoms with Crippen molar-refractivity contribution < 1.29 is 13.9 Å². The van der Waals surface area contributed by atoms with E-state index in [2.05, 4.69) is 41.7 Å². The van der Waals surface area contributed by atoms with Gasteiger partial charge in [-0.25, -0.2) is 0 Å². The van der Waals surface area contributed by atoms with Gasteiger partial charge in [-0.15, -0.1) is 11.8 Å². The van der Waals surface area contributed by atoms with Gasteiger partial charge in [0.15, 0.2) is 0 Å². The van der Waals surface area contributed by atoms with Crippen molar-refractivity contribution in [2.75, 3.05) is 18.7 Å². The van der Waals surface area contributed by atoms with E-state index in [0.717, 1.165) is 49.4 Å². The van der Waals surface area contributed by atoms with Crippen LogP contribution in [0.3, 0.4) is 0 Å². The molecule has 0 unspecified atom stereocenters. The van der Waals surface area contributed by atoms with Gasteiger partial charge in [0, 0.05) is 33.0 Å². The third kappa shape index (κ3) is 4.38. The Labute approximate surface area is 215 Å². The number of carbonyl (C=O) groups excluding carboxylic acids is 1. The number of nitrogens with one attached hydrogen (secondary N) is 1. The lowest BCUT2D eigenvalue weighted by Crippen LogP contribution is -2.09. The van der Waals surface area contributed by atoms with Crippen LogP contribution < -0.4 is 10.1 Å². The van der Waals surface area contributed by atoms with Crippen LogP contribution in [0.15, 0.2) is 94.4 Å². The summed E-state index contributed by atoms with van der Waals surface area (Å²) in [5.74, 6) is 0.517. The monoisotopic (exact) mass is 493 g/mol. The highest BCUT2D eigenvalue weighted by molar-refractivity contribution is 7.98. The van der Waals surface area contributed by atoms with E-state index in [9.17, 15) is 4.79 Å². The summed E-state index contributed by atoms with van der Waals surface area (Å²) in [5, 5.41) is 6.36. The fourth-order valence-electron chi connectivity index (χ4n) is 4.64. The zero-order valence-electron chi connectivity index (χ0n) is 20.7. The summed E-state index contributed by atoms with van der Waals surface area (Å²) in [6.45, 7) is 3.92. The number of rotatable bonds is 6. The Morgan fingerprint density at radius 2 is 1.75 bits per heavy atom. The van der Waals surface area contributed by atoms with Crippen molar-refractivity contribution in [3.63, 3.8) is 0 Å². The molecule has 1 aromatic heterocycles. The van der Waals surface area contributed by atoms with Gasteiger partial charge in [-0.1, -0.05) is 48.5 Å². The lowest BCUT2D eigenvalue weighted by Gasteiger charge is -2.14. The summed E-state index contributed by atoms with van der Waals surface area (Å²) in [6.07, 6.45) is 5.42. The number of para-hydroxylation sites is 1. The van der Waals surface area contributed by atoms with Gasteiger partial charge in [0.05, 0.1) is 19.1 Å². The van der Waals surface area contributed by atoms with Crippen molar-refractivity contribution in [3.05, 3.63) is 96.3 Å². The summed E-state index contributed by atoms with van der Waals surface area (Å²) in [5.41, 5.74) is 6.24. The molecular formula is C31H27NO3S. The van der Waals surface area contributed by atoms with Gasteiger partial charge in [-0.05, 0) is 66.3 Å². The molecule has 5 rings (SSSR count). The van der Waals surface area contributed by atoms with Crippen LogP contribution >= 0.6 is 11.8 Å². The van der Waals surface area contributed by atoms with E-state index in [1.165, 1.54) is 10.8 Å². The van der Waals surface area contributed by atoms with Crippen molar-refractivity contribution in [1.29, 1.82) is 0 Å². The van der Waals surface area contributed by atoms with E-state index in [1.54, 1.807) is 31.2 Å². The van der Waals surface area contributed by atoms with Crippen molar-refractivity contribution in [1.82, 2.24) is 0 Å². The Morgan fingerprint density at radius 1 is 1.00 bits per heavy atom. The number of hydrogen-bond acceptors (Lipinski definition) is 4. The number of fused-ring (bicyclic) bond motifs is 2. The molecule has 5 heteroatoms. The standard InChI is InChI=1S/C31H27NO3S/c1-19(15-29(33)32-27-11-7-8-12-28(27)36-4)24-17-25-26(18-35-31(25)20(2)30(24)34-3)23-14-13-21-9-5-6-10-22(21)16-23/h5-18H,1-4H3,(H,32,33)/b19-15+. The molecule has 0 saturated heterocycles. The minimum Gasteiger partial charge on any atom is -0.496 e. The molecule has 0 radical (unpaired) electrons. The largest absolute Gasteiger partial charge is 0.496 e. The predicted octanol–water partition coefficient (Wildman–Crippen LogP) is 8.33. The first kappa shape index (κ1) is 23.8. The second kappa shape index (κ2) is 9.96. The number of allylic oxidation sites excluding steroid dienone is 1. The summed E-state index contributed by atoms with van der Waals surface area (Å²) in [4.78, 5) is 13.9. The molecule has 0 aliphatic carbocycles. The number of aryl methyl sites for hydroxylation is 1. The van der Waals surface area contributed by atoms with Crippen molar-refractivity contribution in [3.8, 4) is 16.9 Å². The normalized spacial score (nSPS) is 11.7. The Bertz CT molecular complexity index is 1630. The summed E-state index contributed by atoms with van der Waals surface area (Å²) < 4.78 is 11.8. The maximum atomic E-state index is 12.9. The molecule has 180 valence electrons. The van der Waals surface area contributed by atoms with Crippen molar-refractivity contribution in [2.24, 2.45) is 0 Å². The summed E-state index contributed by atoms with van der Waals surface area (Å²) >= 11 is 1.60. The molecule has 0 atom stereocenters. The molecule has 0 aliphatic rings. The number of thioether (sulfide) groups is 1. The van der Waals surface area contributed by atoms with E-state index < -0.39 is 0 Å². The lowest BCUT2D eigenvalue weighted by atomic mass is 9.95. The molecule has 1 N–H and O–H groups in total. The Morgan fingerprint density at radius 3 is 2.53 bits per heavy atom. The fraction of sp³-hybridized carbons (Fsp3) is 0.129. The molecule has 4 nitrogen and oxygen atoms in total. The second-order valence-corrected chi connectivity index (χ2v) is 9.54. The van der Waals surface area contributed by atoms with Crippen LogP contribution in [-0.2, 0) is 4.79 Å². The Kier molecular flexibility index (Phi) is 6.57. The number of methoxy groups -OCH3 is 1. The number of amides is 1. The van der Waals surface area contributed by atoms with E-state index in [4.69, 9.17) is 9.15 Å². The number of carbonyl (C=O) groups is 1. The summed E-state index contributed by atoms with van der Waals surface area (Å²) in [6, 6.07) is 24.6. The number of ether oxygens (including phenoxy) is 1. The number of hydrogen-bond donors (Lipinski definition) is 1. The van der Waals surface area contributed by atoms with Gasteiger partial charge in [0.2, 0.25) is 5.91 Å². The first-order valence-electron chi connectivity index (χ1n) is 11.7. The van der Waals surface area contributed by atoms with Crippen molar-refractivity contribution >= 4 is 50.7 Å². The van der Waals surface area contributed by atoms with Gasteiger partial charge in [0.25, 0.3) is 0 Å². The molecule has 36 heavy (non-hydrogen) atoms. The molecule has 0 fully saturated rings. The molecule has 1 amide bonds. The maximum absolute atomic E-state index is 12.9.